The molecule has 136 heavy (non-hydrogen) atoms. The van der Waals surface area contributed by atoms with E-state index in [9.17, 15) is 0 Å². The van der Waals surface area contributed by atoms with Crippen LogP contribution >= 0.6 is 22.7 Å². The number of rotatable bonds is 16. The molecule has 10 heteroatoms. The zero-order chi connectivity index (χ0) is 89.9. The van der Waals surface area contributed by atoms with Gasteiger partial charge in [0, 0.05) is 95.3 Å². The topological polar surface area (TPSA) is 104 Å². The van der Waals surface area contributed by atoms with E-state index >= 15 is 0 Å². The van der Waals surface area contributed by atoms with E-state index in [-0.39, 0.29) is 0 Å². The van der Waals surface area contributed by atoms with Gasteiger partial charge in [0.2, 0.25) is 0 Å². The van der Waals surface area contributed by atoms with Crippen molar-refractivity contribution in [2.45, 2.75) is 0 Å². The molecule has 0 unspecified atom stereocenters. The molecule has 0 radical (unpaired) electrons. The van der Waals surface area contributed by atoms with Gasteiger partial charge >= 0.3 is 0 Å². The van der Waals surface area contributed by atoms with Crippen LogP contribution in [-0.2, 0) is 0 Å². The van der Waals surface area contributed by atoms with Gasteiger partial charge in [-0.1, -0.05) is 388 Å². The van der Waals surface area contributed by atoms with Gasteiger partial charge in [-0.25, -0.2) is 29.9 Å². The first-order chi connectivity index (χ1) is 67.3. The van der Waals surface area contributed by atoms with Crippen molar-refractivity contribution in [3.8, 4) is 180 Å². The summed E-state index contributed by atoms with van der Waals surface area (Å²) < 4.78 is 18.2. The quantitative estimate of drug-likeness (QED) is 0.0942. The number of nitrogens with zero attached hydrogens (tertiary/aromatic N) is 6. The molecule has 636 valence electrons. The minimum atomic E-state index is 0.577. The molecule has 0 saturated carbocycles. The number of fused-ring (bicyclic) bond motifs is 12. The van der Waals surface area contributed by atoms with E-state index in [2.05, 4.69) is 388 Å². The zero-order valence-electron chi connectivity index (χ0n) is 73.3. The molecule has 26 aromatic rings. The van der Waals surface area contributed by atoms with Crippen LogP contribution in [0.3, 0.4) is 0 Å². The third-order valence-corrected chi connectivity index (χ3v) is 28.4. The summed E-state index contributed by atoms with van der Waals surface area (Å²) in [6.07, 6.45) is 0. The van der Waals surface area contributed by atoms with E-state index < -0.39 is 0 Å². The van der Waals surface area contributed by atoms with Crippen LogP contribution in [0.1, 0.15) is 0 Å². The van der Waals surface area contributed by atoms with Gasteiger partial charge < -0.3 is 8.83 Å². The smallest absolute Gasteiger partial charge is 0.164 e. The number of hydrogen-bond donors (Lipinski definition) is 0. The second-order valence-corrected chi connectivity index (χ2v) is 36.3. The van der Waals surface area contributed by atoms with E-state index in [0.29, 0.717) is 34.9 Å². The number of benzene rings is 20. The van der Waals surface area contributed by atoms with E-state index in [1.54, 1.807) is 0 Å². The van der Waals surface area contributed by atoms with Gasteiger partial charge in [0.25, 0.3) is 0 Å². The van der Waals surface area contributed by atoms with Gasteiger partial charge in [0.15, 0.2) is 34.9 Å². The summed E-state index contributed by atoms with van der Waals surface area (Å²) in [5.74, 6) is 3.56. The van der Waals surface area contributed by atoms with Gasteiger partial charge in [-0.2, -0.15) is 0 Å². The van der Waals surface area contributed by atoms with Crippen LogP contribution < -0.4 is 0 Å². The van der Waals surface area contributed by atoms with Gasteiger partial charge in [-0.3, -0.25) is 0 Å². The number of thiophene rings is 2. The molecule has 0 aliphatic rings. The molecule has 6 heterocycles. The minimum Gasteiger partial charge on any atom is -0.456 e. The molecule has 0 aliphatic heterocycles. The summed E-state index contributed by atoms with van der Waals surface area (Å²) in [5.41, 5.74) is 31.7. The molecule has 0 spiro atoms. The normalized spacial score (nSPS) is 11.5. The van der Waals surface area contributed by atoms with Crippen LogP contribution in [-0.4, -0.2) is 29.9 Å². The predicted octanol–water partition coefficient (Wildman–Crippen LogP) is 34.9. The van der Waals surface area contributed by atoms with Crippen LogP contribution in [0.5, 0.6) is 0 Å². The molecule has 0 aliphatic carbocycles. The molecule has 0 N–H and O–H groups in total. The zero-order valence-corrected chi connectivity index (χ0v) is 75.0. The van der Waals surface area contributed by atoms with Crippen LogP contribution in [0.2, 0.25) is 0 Å². The Hall–Kier alpha value is -17.5. The average molecular weight is 1770 g/mol. The Labute approximate surface area is 792 Å². The second-order valence-electron chi connectivity index (χ2n) is 34.2. The van der Waals surface area contributed by atoms with Crippen molar-refractivity contribution in [2.24, 2.45) is 0 Å². The van der Waals surface area contributed by atoms with Gasteiger partial charge in [0.1, 0.15) is 22.3 Å². The molecule has 0 amide bonds. The lowest BCUT2D eigenvalue weighted by Gasteiger charge is -2.15. The maximum atomic E-state index is 6.57. The molecule has 0 bridgehead atoms. The highest BCUT2D eigenvalue weighted by atomic mass is 32.1. The Kier molecular flexibility index (Phi) is 20.5. The van der Waals surface area contributed by atoms with Gasteiger partial charge in [-0.15, -0.1) is 22.7 Å². The molecular weight excluding hydrogens is 1690 g/mol. The van der Waals surface area contributed by atoms with Crippen LogP contribution in [0.4, 0.5) is 0 Å². The number of hydrogen-bond acceptors (Lipinski definition) is 10. The van der Waals surface area contributed by atoms with Crippen molar-refractivity contribution in [1.29, 1.82) is 0 Å². The van der Waals surface area contributed by atoms with E-state index in [4.69, 9.17) is 38.7 Å². The average Bonchev–Trinajstić information content (AvgIpc) is 1.56. The molecule has 20 aromatic carbocycles. The van der Waals surface area contributed by atoms with Crippen molar-refractivity contribution in [3.05, 3.63) is 473 Å². The summed E-state index contributed by atoms with van der Waals surface area (Å²) in [5, 5.41) is 9.18. The predicted molar refractivity (Wildman–Crippen MR) is 567 cm³/mol. The fraction of sp³-hybridized carbons (Fsp3) is 0. The largest absolute Gasteiger partial charge is 0.456 e. The number of furan rings is 2. The van der Waals surface area contributed by atoms with Crippen LogP contribution in [0.25, 0.3) is 264 Å². The molecule has 8 nitrogen and oxygen atoms in total. The fourth-order valence-corrected chi connectivity index (χ4v) is 21.7. The lowest BCUT2D eigenvalue weighted by Crippen LogP contribution is -2.01. The Balaban J connectivity index is 0.000000145. The summed E-state index contributed by atoms with van der Waals surface area (Å²) >= 11 is 3.74. The minimum absolute atomic E-state index is 0.577. The van der Waals surface area contributed by atoms with Crippen molar-refractivity contribution < 1.29 is 8.83 Å². The first kappa shape index (κ1) is 80.5. The molecule has 26 rings (SSSR count). The van der Waals surface area contributed by atoms with Gasteiger partial charge in [0.05, 0.1) is 0 Å². The first-order valence-electron chi connectivity index (χ1n) is 45.6. The van der Waals surface area contributed by atoms with Crippen molar-refractivity contribution >= 4 is 107 Å². The molecular formula is C126H78N6O2S2. The van der Waals surface area contributed by atoms with Crippen molar-refractivity contribution in [3.63, 3.8) is 0 Å². The third-order valence-electron chi connectivity index (χ3n) is 25.9. The Bertz CT molecular complexity index is 9070. The Morgan fingerprint density at radius 1 is 0.140 bits per heavy atom. The molecule has 6 aromatic heterocycles. The van der Waals surface area contributed by atoms with Crippen molar-refractivity contribution in [2.75, 3.05) is 0 Å². The lowest BCUT2D eigenvalue weighted by molar-refractivity contribution is 0.668. The Morgan fingerprint density at radius 3 is 1.02 bits per heavy atom. The number of aromatic nitrogens is 6. The fourth-order valence-electron chi connectivity index (χ4n) is 19.2. The second kappa shape index (κ2) is 34.6. The highest BCUT2D eigenvalue weighted by Crippen LogP contribution is 2.48. The molecule has 0 saturated heterocycles. The molecule has 0 atom stereocenters. The standard InChI is InChI=1S/2C63H39N3OS/c1-4-14-40(15-5-1)48-32-34-56-55(39-48)59-53(26-13-27-57(59)67-56)63-65-61(43-18-8-3-9-19-43)64-62(66-63)44-30-28-42(29-31-44)45-20-10-21-46(36-45)47-22-11-23-50(37-47)51-24-12-25-52-54-38-49(41-16-6-2-7-17-41)33-35-58(54)68-60(51)52;1-4-16-40(17-5-1)45-34-35-54-57(39-45)67-56-28-15-27-55(59(54)56)63-65-61(44-20-8-3-9-21-44)64-62(66-63)48-37-46(41-18-6-2-7-19-41)36-47(38-48)50-23-11-10-22-49(50)42-30-32-43(33-31-42)51-25-14-26-53-52-24-12-13-29-58(52)68-60(51)53/h2*1-39H. The van der Waals surface area contributed by atoms with E-state index in [1.165, 1.54) is 79.3 Å². The Morgan fingerprint density at radius 2 is 0.449 bits per heavy atom. The maximum Gasteiger partial charge on any atom is 0.164 e. The van der Waals surface area contributed by atoms with Crippen LogP contribution in [0.15, 0.2) is 482 Å². The maximum absolute atomic E-state index is 6.57. The summed E-state index contributed by atoms with van der Waals surface area (Å²) in [7, 11) is 0. The highest BCUT2D eigenvalue weighted by Gasteiger charge is 2.25. The van der Waals surface area contributed by atoms with E-state index in [0.717, 1.165) is 150 Å². The van der Waals surface area contributed by atoms with E-state index in [1.807, 2.05) is 108 Å². The third kappa shape index (κ3) is 15.2. The summed E-state index contributed by atoms with van der Waals surface area (Å²) in [6, 6.07) is 167. The van der Waals surface area contributed by atoms with Crippen molar-refractivity contribution in [1.82, 2.24) is 29.9 Å². The first-order valence-corrected chi connectivity index (χ1v) is 47.3. The monoisotopic (exact) mass is 1770 g/mol. The SMILES string of the molecule is c1ccc(-c2cc(-c3nc(-c4ccccc4)nc(-c4cccc5oc6cc(-c7ccccc7)ccc6c45)n3)cc(-c3ccccc3-c3ccc(-c4cccc5c4sc4ccccc45)cc3)c2)cc1.c1ccc(-c2ccc3sc4c(-c5cccc(-c6cccc(-c7ccc(-c8nc(-c9ccccc9)nc(-c9cccc%10oc%11ccc(-c%12ccccc%12)cc%11c9%10)n8)cc7)c6)c5)cccc4c3c2)cc1. The summed E-state index contributed by atoms with van der Waals surface area (Å²) in [6.45, 7) is 0. The van der Waals surface area contributed by atoms with Gasteiger partial charge in [-0.05, 0) is 196 Å². The van der Waals surface area contributed by atoms with Crippen LogP contribution in [0, 0.1) is 0 Å². The lowest BCUT2D eigenvalue weighted by atomic mass is 9.90. The molecule has 0 fully saturated rings. The summed E-state index contributed by atoms with van der Waals surface area (Å²) in [4.78, 5) is 31.2. The highest BCUT2D eigenvalue weighted by molar-refractivity contribution is 7.26.